The highest BCUT2D eigenvalue weighted by atomic mass is 19.1. The minimum Gasteiger partial charge on any atom is -0.472 e. The van der Waals surface area contributed by atoms with E-state index < -0.39 is 11.6 Å². The molecule has 0 aliphatic carbocycles. The van der Waals surface area contributed by atoms with Crippen LogP contribution in [-0.4, -0.2) is 7.05 Å². The molecule has 0 radical (unpaired) electrons. The van der Waals surface area contributed by atoms with E-state index in [2.05, 4.69) is 5.32 Å². The fraction of sp³-hybridized carbons (Fsp3) is 0.167. The first kappa shape index (κ1) is 10.8. The van der Waals surface area contributed by atoms with Crippen molar-refractivity contribution >= 4 is 0 Å². The largest absolute Gasteiger partial charge is 0.472 e. The van der Waals surface area contributed by atoms with Crippen LogP contribution in [0, 0.1) is 11.6 Å². The summed E-state index contributed by atoms with van der Waals surface area (Å²) in [6, 6.07) is 4.94. The van der Waals surface area contributed by atoms with E-state index in [1.54, 1.807) is 19.4 Å². The van der Waals surface area contributed by atoms with Gasteiger partial charge < -0.3 is 9.73 Å². The molecule has 16 heavy (non-hydrogen) atoms. The van der Waals surface area contributed by atoms with Crippen LogP contribution in [0.4, 0.5) is 8.78 Å². The van der Waals surface area contributed by atoms with Crippen LogP contribution in [0.3, 0.4) is 0 Å². The van der Waals surface area contributed by atoms with Crippen LogP contribution in [0.25, 0.3) is 0 Å². The van der Waals surface area contributed by atoms with Crippen LogP contribution in [0.5, 0.6) is 0 Å². The molecule has 2 nitrogen and oxygen atoms in total. The number of benzene rings is 1. The van der Waals surface area contributed by atoms with E-state index in [1.807, 2.05) is 0 Å². The maximum absolute atomic E-state index is 13.1. The Labute approximate surface area is 91.9 Å². The Morgan fingerprint density at radius 3 is 2.31 bits per heavy atom. The van der Waals surface area contributed by atoms with E-state index in [1.165, 1.54) is 18.4 Å². The van der Waals surface area contributed by atoms with Gasteiger partial charge in [-0.25, -0.2) is 8.78 Å². The summed E-state index contributed by atoms with van der Waals surface area (Å²) in [5.74, 6) is -1.17. The van der Waals surface area contributed by atoms with Gasteiger partial charge in [0.25, 0.3) is 0 Å². The SMILES string of the molecule is CNC(c1ccoc1)c1cc(F)cc(F)c1. The lowest BCUT2D eigenvalue weighted by Gasteiger charge is -2.14. The highest BCUT2D eigenvalue weighted by Gasteiger charge is 2.14. The van der Waals surface area contributed by atoms with Crippen LogP contribution in [0.1, 0.15) is 17.2 Å². The second-order valence-corrected chi connectivity index (χ2v) is 3.48. The van der Waals surface area contributed by atoms with E-state index in [4.69, 9.17) is 4.42 Å². The van der Waals surface area contributed by atoms with Crippen LogP contribution in [-0.2, 0) is 0 Å². The van der Waals surface area contributed by atoms with E-state index in [-0.39, 0.29) is 6.04 Å². The molecule has 1 N–H and O–H groups in total. The molecule has 1 heterocycles. The normalized spacial score (nSPS) is 12.7. The van der Waals surface area contributed by atoms with Gasteiger partial charge in [0.1, 0.15) is 11.6 Å². The van der Waals surface area contributed by atoms with Crippen molar-refractivity contribution in [3.8, 4) is 0 Å². The highest BCUT2D eigenvalue weighted by molar-refractivity contribution is 5.30. The van der Waals surface area contributed by atoms with Gasteiger partial charge in [0, 0.05) is 11.6 Å². The van der Waals surface area contributed by atoms with Gasteiger partial charge in [-0.1, -0.05) is 0 Å². The van der Waals surface area contributed by atoms with Crippen molar-refractivity contribution in [1.82, 2.24) is 5.32 Å². The van der Waals surface area contributed by atoms with Gasteiger partial charge in [0.2, 0.25) is 0 Å². The molecule has 0 aliphatic rings. The molecule has 0 bridgehead atoms. The van der Waals surface area contributed by atoms with Gasteiger partial charge in [-0.2, -0.15) is 0 Å². The summed E-state index contributed by atoms with van der Waals surface area (Å²) in [6.07, 6.45) is 3.07. The third kappa shape index (κ3) is 2.12. The molecule has 0 aliphatic heterocycles. The first-order valence-electron chi connectivity index (χ1n) is 4.86. The number of furan rings is 1. The molecule has 0 saturated heterocycles. The van der Waals surface area contributed by atoms with E-state index >= 15 is 0 Å². The van der Waals surface area contributed by atoms with Crippen molar-refractivity contribution in [2.45, 2.75) is 6.04 Å². The summed E-state index contributed by atoms with van der Waals surface area (Å²) >= 11 is 0. The summed E-state index contributed by atoms with van der Waals surface area (Å²) in [4.78, 5) is 0. The number of halogens is 2. The molecule has 1 atom stereocenters. The number of nitrogens with one attached hydrogen (secondary N) is 1. The predicted molar refractivity (Wildman–Crippen MR) is 56.0 cm³/mol. The third-order valence-corrected chi connectivity index (χ3v) is 2.38. The summed E-state index contributed by atoms with van der Waals surface area (Å²) in [5, 5.41) is 2.98. The quantitative estimate of drug-likeness (QED) is 0.865. The first-order valence-corrected chi connectivity index (χ1v) is 4.86. The molecule has 4 heteroatoms. The zero-order chi connectivity index (χ0) is 11.5. The molecule has 2 rings (SSSR count). The van der Waals surface area contributed by atoms with Crippen molar-refractivity contribution in [2.24, 2.45) is 0 Å². The van der Waals surface area contributed by atoms with Crippen molar-refractivity contribution in [1.29, 1.82) is 0 Å². The average Bonchev–Trinajstić information content (AvgIpc) is 2.70. The molecule has 84 valence electrons. The molecule has 0 amide bonds. The molecular weight excluding hydrogens is 212 g/mol. The number of hydrogen-bond donors (Lipinski definition) is 1. The molecule has 2 aromatic rings. The van der Waals surface area contributed by atoms with Crippen molar-refractivity contribution in [2.75, 3.05) is 7.05 Å². The molecule has 0 spiro atoms. The molecule has 1 aromatic carbocycles. The third-order valence-electron chi connectivity index (χ3n) is 2.38. The van der Waals surface area contributed by atoms with Crippen LogP contribution < -0.4 is 5.32 Å². The molecule has 0 saturated carbocycles. The summed E-state index contributed by atoms with van der Waals surface area (Å²) in [7, 11) is 1.72. The molecule has 1 unspecified atom stereocenters. The second-order valence-electron chi connectivity index (χ2n) is 3.48. The summed E-state index contributed by atoms with van der Waals surface area (Å²) in [6.45, 7) is 0. The fourth-order valence-corrected chi connectivity index (χ4v) is 1.71. The lowest BCUT2D eigenvalue weighted by atomic mass is 10.0. The van der Waals surface area contributed by atoms with Crippen molar-refractivity contribution < 1.29 is 13.2 Å². The Morgan fingerprint density at radius 1 is 1.12 bits per heavy atom. The van der Waals surface area contributed by atoms with Gasteiger partial charge in [-0.15, -0.1) is 0 Å². The van der Waals surface area contributed by atoms with Crippen LogP contribution >= 0.6 is 0 Å². The highest BCUT2D eigenvalue weighted by Crippen LogP contribution is 2.23. The summed E-state index contributed by atoms with van der Waals surface area (Å²) in [5.41, 5.74) is 1.36. The fourth-order valence-electron chi connectivity index (χ4n) is 1.71. The van der Waals surface area contributed by atoms with E-state index in [0.29, 0.717) is 5.56 Å². The average molecular weight is 223 g/mol. The van der Waals surface area contributed by atoms with Gasteiger partial charge in [0.15, 0.2) is 0 Å². The van der Waals surface area contributed by atoms with Crippen molar-refractivity contribution in [3.05, 3.63) is 59.6 Å². The zero-order valence-corrected chi connectivity index (χ0v) is 8.71. The smallest absolute Gasteiger partial charge is 0.126 e. The van der Waals surface area contributed by atoms with Crippen LogP contribution in [0.15, 0.2) is 41.2 Å². The molecule has 0 fully saturated rings. The van der Waals surface area contributed by atoms with Crippen molar-refractivity contribution in [3.63, 3.8) is 0 Å². The maximum Gasteiger partial charge on any atom is 0.126 e. The Morgan fingerprint density at radius 2 is 1.81 bits per heavy atom. The van der Waals surface area contributed by atoms with E-state index in [0.717, 1.165) is 11.6 Å². The number of rotatable bonds is 3. The number of hydrogen-bond acceptors (Lipinski definition) is 2. The Bertz CT molecular complexity index is 448. The monoisotopic (exact) mass is 223 g/mol. The van der Waals surface area contributed by atoms with Gasteiger partial charge in [-0.05, 0) is 30.8 Å². The second kappa shape index (κ2) is 4.45. The predicted octanol–water partition coefficient (Wildman–Crippen LogP) is 2.87. The minimum atomic E-state index is -0.584. The standard InChI is InChI=1S/C12H11F2NO/c1-15-12(8-2-3-16-7-8)9-4-10(13)6-11(14)5-9/h2-7,12,15H,1H3. The van der Waals surface area contributed by atoms with Gasteiger partial charge in [0.05, 0.1) is 18.6 Å². The van der Waals surface area contributed by atoms with Gasteiger partial charge >= 0.3 is 0 Å². The lowest BCUT2D eigenvalue weighted by Crippen LogP contribution is -2.17. The Kier molecular flexibility index (Phi) is 3.01. The summed E-state index contributed by atoms with van der Waals surface area (Å²) < 4.78 is 31.1. The zero-order valence-electron chi connectivity index (χ0n) is 8.71. The Balaban J connectivity index is 2.41. The molecular formula is C12H11F2NO. The van der Waals surface area contributed by atoms with E-state index in [9.17, 15) is 8.78 Å². The maximum atomic E-state index is 13.1. The lowest BCUT2D eigenvalue weighted by molar-refractivity contribution is 0.552. The van der Waals surface area contributed by atoms with Crippen LogP contribution in [0.2, 0.25) is 0 Å². The molecule has 1 aromatic heterocycles. The minimum absolute atomic E-state index is 0.274. The Hall–Kier alpha value is -1.68. The first-order chi connectivity index (χ1) is 7.70. The topological polar surface area (TPSA) is 25.2 Å². The van der Waals surface area contributed by atoms with Gasteiger partial charge in [-0.3, -0.25) is 0 Å².